The van der Waals surface area contributed by atoms with E-state index in [0.717, 1.165) is 29.3 Å². The predicted molar refractivity (Wildman–Crippen MR) is 65.3 cm³/mol. The molecule has 0 aliphatic heterocycles. The summed E-state index contributed by atoms with van der Waals surface area (Å²) in [6, 6.07) is 9.98. The normalized spacial score (nSPS) is 10.1. The number of nitrogens with zero attached hydrogens (tertiary/aromatic N) is 2. The Morgan fingerprint density at radius 3 is 2.69 bits per heavy atom. The molecule has 82 valence electrons. The minimum atomic E-state index is 0.729. The molecule has 0 saturated heterocycles. The third kappa shape index (κ3) is 2.57. The molecule has 2 heterocycles. The summed E-state index contributed by atoms with van der Waals surface area (Å²) in [6.07, 6.45) is 1.80. The monoisotopic (exact) mass is 213 g/mol. The van der Waals surface area contributed by atoms with Crippen LogP contribution in [0, 0.1) is 13.8 Å². The molecular weight excluding hydrogens is 198 g/mol. The average molecular weight is 213 g/mol. The molecule has 0 aromatic carbocycles. The molecule has 0 amide bonds. The first kappa shape index (κ1) is 10.6. The van der Waals surface area contributed by atoms with E-state index in [0.29, 0.717) is 0 Å². The van der Waals surface area contributed by atoms with Gasteiger partial charge in [0.15, 0.2) is 0 Å². The van der Waals surface area contributed by atoms with Crippen LogP contribution in [0.1, 0.15) is 17.1 Å². The number of anilines is 1. The van der Waals surface area contributed by atoms with Gasteiger partial charge in [0.05, 0.1) is 23.6 Å². The van der Waals surface area contributed by atoms with E-state index < -0.39 is 0 Å². The zero-order chi connectivity index (χ0) is 11.4. The van der Waals surface area contributed by atoms with Crippen molar-refractivity contribution in [2.75, 3.05) is 5.32 Å². The molecule has 0 radical (unpaired) electrons. The number of nitrogens with one attached hydrogen (secondary N) is 1. The highest BCUT2D eigenvalue weighted by Crippen LogP contribution is 2.13. The highest BCUT2D eigenvalue weighted by atomic mass is 14.9. The third-order valence-corrected chi connectivity index (χ3v) is 2.41. The summed E-state index contributed by atoms with van der Waals surface area (Å²) in [5.41, 5.74) is 4.16. The van der Waals surface area contributed by atoms with Gasteiger partial charge >= 0.3 is 0 Å². The van der Waals surface area contributed by atoms with Gasteiger partial charge in [-0.1, -0.05) is 6.07 Å². The molecule has 0 atom stereocenters. The van der Waals surface area contributed by atoms with Crippen LogP contribution in [0.4, 0.5) is 5.69 Å². The number of rotatable bonds is 3. The molecule has 0 saturated carbocycles. The molecular formula is C13H15N3. The van der Waals surface area contributed by atoms with E-state index in [1.165, 1.54) is 0 Å². The zero-order valence-electron chi connectivity index (χ0n) is 9.57. The topological polar surface area (TPSA) is 37.8 Å². The second kappa shape index (κ2) is 4.75. The molecule has 0 fully saturated rings. The molecule has 2 aromatic rings. The molecule has 16 heavy (non-hydrogen) atoms. The van der Waals surface area contributed by atoms with Crippen LogP contribution < -0.4 is 5.32 Å². The second-order valence-corrected chi connectivity index (χ2v) is 3.76. The Balaban J connectivity index is 2.05. The smallest absolute Gasteiger partial charge is 0.0607 e. The molecule has 0 aliphatic rings. The van der Waals surface area contributed by atoms with Crippen LogP contribution in [0.2, 0.25) is 0 Å². The fourth-order valence-electron chi connectivity index (χ4n) is 1.56. The molecule has 0 unspecified atom stereocenters. The van der Waals surface area contributed by atoms with Crippen molar-refractivity contribution in [3.05, 3.63) is 53.6 Å². The quantitative estimate of drug-likeness (QED) is 0.851. The lowest BCUT2D eigenvalue weighted by Gasteiger charge is -2.08. The van der Waals surface area contributed by atoms with Crippen molar-refractivity contribution in [1.29, 1.82) is 0 Å². The minimum absolute atomic E-state index is 0.729. The summed E-state index contributed by atoms with van der Waals surface area (Å²) >= 11 is 0. The standard InChI is InChI=1S/C13H15N3/c1-10-6-7-13(11(2)16-10)15-9-12-5-3-4-8-14-12/h3-8,15H,9H2,1-2H3. The summed E-state index contributed by atoms with van der Waals surface area (Å²) < 4.78 is 0. The van der Waals surface area contributed by atoms with E-state index in [1.807, 2.05) is 38.1 Å². The number of hydrogen-bond donors (Lipinski definition) is 1. The van der Waals surface area contributed by atoms with Crippen molar-refractivity contribution < 1.29 is 0 Å². The van der Waals surface area contributed by atoms with Crippen LogP contribution in [0.15, 0.2) is 36.5 Å². The van der Waals surface area contributed by atoms with Crippen LogP contribution in [0.3, 0.4) is 0 Å². The molecule has 3 nitrogen and oxygen atoms in total. The number of pyridine rings is 2. The van der Waals surface area contributed by atoms with Gasteiger partial charge in [0.25, 0.3) is 0 Å². The lowest BCUT2D eigenvalue weighted by molar-refractivity contribution is 1.03. The molecule has 0 aliphatic carbocycles. The van der Waals surface area contributed by atoms with Gasteiger partial charge in [-0.3, -0.25) is 9.97 Å². The largest absolute Gasteiger partial charge is 0.378 e. The number of hydrogen-bond acceptors (Lipinski definition) is 3. The van der Waals surface area contributed by atoms with E-state index >= 15 is 0 Å². The van der Waals surface area contributed by atoms with E-state index in [2.05, 4.69) is 21.4 Å². The van der Waals surface area contributed by atoms with Crippen molar-refractivity contribution in [2.45, 2.75) is 20.4 Å². The number of aromatic nitrogens is 2. The molecule has 2 rings (SSSR count). The third-order valence-electron chi connectivity index (χ3n) is 2.41. The second-order valence-electron chi connectivity index (χ2n) is 3.76. The maximum Gasteiger partial charge on any atom is 0.0607 e. The van der Waals surface area contributed by atoms with E-state index in [1.54, 1.807) is 6.20 Å². The fraction of sp³-hybridized carbons (Fsp3) is 0.231. The van der Waals surface area contributed by atoms with Crippen molar-refractivity contribution in [2.24, 2.45) is 0 Å². The van der Waals surface area contributed by atoms with Crippen molar-refractivity contribution in [1.82, 2.24) is 9.97 Å². The van der Waals surface area contributed by atoms with Crippen LogP contribution in [-0.4, -0.2) is 9.97 Å². The zero-order valence-corrected chi connectivity index (χ0v) is 9.57. The SMILES string of the molecule is Cc1ccc(NCc2ccccn2)c(C)n1. The summed E-state index contributed by atoms with van der Waals surface area (Å²) in [4.78, 5) is 8.66. The maximum atomic E-state index is 4.40. The molecule has 0 bridgehead atoms. The maximum absolute atomic E-state index is 4.40. The number of aryl methyl sites for hydroxylation is 2. The van der Waals surface area contributed by atoms with Gasteiger partial charge in [0.2, 0.25) is 0 Å². The van der Waals surface area contributed by atoms with Crippen molar-refractivity contribution in [3.8, 4) is 0 Å². The van der Waals surface area contributed by atoms with Gasteiger partial charge < -0.3 is 5.32 Å². The van der Waals surface area contributed by atoms with Crippen molar-refractivity contribution >= 4 is 5.69 Å². The summed E-state index contributed by atoms with van der Waals surface area (Å²) in [5.74, 6) is 0. The molecule has 1 N–H and O–H groups in total. The first-order valence-corrected chi connectivity index (χ1v) is 5.34. The van der Waals surface area contributed by atoms with Crippen LogP contribution in [-0.2, 0) is 6.54 Å². The summed E-state index contributed by atoms with van der Waals surface area (Å²) in [6.45, 7) is 4.73. The van der Waals surface area contributed by atoms with Crippen LogP contribution in [0.25, 0.3) is 0 Å². The minimum Gasteiger partial charge on any atom is -0.378 e. The summed E-state index contributed by atoms with van der Waals surface area (Å²) in [7, 11) is 0. The Morgan fingerprint density at radius 1 is 1.12 bits per heavy atom. The molecule has 3 heteroatoms. The van der Waals surface area contributed by atoms with E-state index in [9.17, 15) is 0 Å². The first-order chi connectivity index (χ1) is 7.75. The Bertz CT molecular complexity index is 466. The van der Waals surface area contributed by atoms with E-state index in [-0.39, 0.29) is 0 Å². The average Bonchev–Trinajstić information content (AvgIpc) is 2.29. The highest BCUT2D eigenvalue weighted by Gasteiger charge is 1.99. The Labute approximate surface area is 95.6 Å². The predicted octanol–water partition coefficient (Wildman–Crippen LogP) is 2.71. The fourth-order valence-corrected chi connectivity index (χ4v) is 1.56. The molecule has 2 aromatic heterocycles. The first-order valence-electron chi connectivity index (χ1n) is 5.34. The molecule has 0 spiro atoms. The lowest BCUT2D eigenvalue weighted by atomic mass is 10.2. The Morgan fingerprint density at radius 2 is 2.00 bits per heavy atom. The van der Waals surface area contributed by atoms with Crippen LogP contribution >= 0.6 is 0 Å². The van der Waals surface area contributed by atoms with Gasteiger partial charge in [-0.25, -0.2) is 0 Å². The van der Waals surface area contributed by atoms with Crippen LogP contribution in [0.5, 0.6) is 0 Å². The van der Waals surface area contributed by atoms with Gasteiger partial charge in [0, 0.05) is 11.9 Å². The lowest BCUT2D eigenvalue weighted by Crippen LogP contribution is -2.03. The van der Waals surface area contributed by atoms with Gasteiger partial charge in [-0.2, -0.15) is 0 Å². The van der Waals surface area contributed by atoms with Gasteiger partial charge in [0.1, 0.15) is 0 Å². The van der Waals surface area contributed by atoms with E-state index in [4.69, 9.17) is 0 Å². The van der Waals surface area contributed by atoms with Gasteiger partial charge in [-0.15, -0.1) is 0 Å². The summed E-state index contributed by atoms with van der Waals surface area (Å²) in [5, 5.41) is 3.33. The Kier molecular flexibility index (Phi) is 3.15. The van der Waals surface area contributed by atoms with Crippen molar-refractivity contribution in [3.63, 3.8) is 0 Å². The highest BCUT2D eigenvalue weighted by molar-refractivity contribution is 5.47. The Hall–Kier alpha value is -1.90. The van der Waals surface area contributed by atoms with Gasteiger partial charge in [-0.05, 0) is 38.1 Å².